The van der Waals surface area contributed by atoms with E-state index in [1.165, 1.54) is 0 Å². The Kier molecular flexibility index (Phi) is 6.29. The van der Waals surface area contributed by atoms with Crippen LogP contribution in [0.5, 0.6) is 0 Å². The number of esters is 1. The van der Waals surface area contributed by atoms with Crippen LogP contribution in [-0.4, -0.2) is 46.5 Å². The van der Waals surface area contributed by atoms with Crippen molar-refractivity contribution in [2.24, 2.45) is 0 Å². The van der Waals surface area contributed by atoms with Crippen LogP contribution in [0.2, 0.25) is 0 Å². The van der Waals surface area contributed by atoms with Crippen LogP contribution < -0.4 is 10.6 Å². The zero-order chi connectivity index (χ0) is 18.6. The Hall–Kier alpha value is -1.80. The van der Waals surface area contributed by atoms with Gasteiger partial charge in [-0.25, -0.2) is 4.79 Å². The normalized spacial score (nSPS) is 18.8. The minimum atomic E-state index is -1.64. The molecule has 0 radical (unpaired) electrons. The lowest BCUT2D eigenvalue weighted by Crippen LogP contribution is -2.63. The summed E-state index contributed by atoms with van der Waals surface area (Å²) < 4.78 is 5.19. The maximum absolute atomic E-state index is 12.8. The summed E-state index contributed by atoms with van der Waals surface area (Å²) in [6.07, 6.45) is 0. The fourth-order valence-electron chi connectivity index (χ4n) is 2.48. The second-order valence-electron chi connectivity index (χ2n) is 5.56. The molecule has 8 heteroatoms. The number of fused-ring (bicyclic) bond motifs is 1. The predicted octanol–water partition coefficient (Wildman–Crippen LogP) is 2.51. The largest absolute Gasteiger partial charge is 0.463 e. The van der Waals surface area contributed by atoms with Gasteiger partial charge < -0.3 is 20.3 Å². The molecule has 0 saturated carbocycles. The number of hydrogen-bond donors (Lipinski definition) is 2. The lowest BCUT2D eigenvalue weighted by molar-refractivity contribution is -0.149. The van der Waals surface area contributed by atoms with Gasteiger partial charge in [-0.1, -0.05) is 17.8 Å². The van der Waals surface area contributed by atoms with Crippen molar-refractivity contribution in [3.63, 3.8) is 0 Å². The molecule has 25 heavy (non-hydrogen) atoms. The Morgan fingerprint density at radius 2 is 2.04 bits per heavy atom. The van der Waals surface area contributed by atoms with E-state index in [4.69, 9.17) is 17.0 Å². The highest BCUT2D eigenvalue weighted by Crippen LogP contribution is 2.42. The van der Waals surface area contributed by atoms with Crippen LogP contribution >= 0.6 is 24.0 Å². The summed E-state index contributed by atoms with van der Waals surface area (Å²) in [6, 6.07) is 5.66. The molecule has 0 bridgehead atoms. The van der Waals surface area contributed by atoms with Crippen molar-refractivity contribution in [1.29, 1.82) is 0 Å². The first kappa shape index (κ1) is 19.5. The van der Waals surface area contributed by atoms with Crippen LogP contribution in [-0.2, 0) is 14.3 Å². The second-order valence-corrected chi connectivity index (χ2v) is 7.20. The molecule has 1 atom stereocenters. The molecule has 0 saturated heterocycles. The van der Waals surface area contributed by atoms with E-state index < -0.39 is 16.7 Å². The van der Waals surface area contributed by atoms with E-state index >= 15 is 0 Å². The van der Waals surface area contributed by atoms with Gasteiger partial charge in [-0.2, -0.15) is 0 Å². The van der Waals surface area contributed by atoms with Gasteiger partial charge in [-0.3, -0.25) is 4.79 Å². The van der Waals surface area contributed by atoms with E-state index in [0.29, 0.717) is 23.9 Å². The Labute approximate surface area is 157 Å². The van der Waals surface area contributed by atoms with Gasteiger partial charge in [-0.15, -0.1) is 0 Å². The molecular formula is C17H23N3O3S2. The van der Waals surface area contributed by atoms with Gasteiger partial charge in [0.15, 0.2) is 5.11 Å². The minimum absolute atomic E-state index is 0.175. The SMILES string of the molecule is CCOC(=O)C1(NC(=S)N(CC)CC)Sc2cc(C)ccc2NC1=O. The summed E-state index contributed by atoms with van der Waals surface area (Å²) in [7, 11) is 0. The van der Waals surface area contributed by atoms with Crippen molar-refractivity contribution in [2.45, 2.75) is 37.5 Å². The molecule has 2 N–H and O–H groups in total. The predicted molar refractivity (Wildman–Crippen MR) is 104 cm³/mol. The van der Waals surface area contributed by atoms with Gasteiger partial charge in [0.05, 0.1) is 12.3 Å². The molecule has 0 aliphatic carbocycles. The quantitative estimate of drug-likeness (QED) is 0.461. The number of nitrogens with zero attached hydrogens (tertiary/aromatic N) is 1. The molecule has 2 rings (SSSR count). The number of ether oxygens (including phenoxy) is 1. The molecule has 1 aromatic rings. The van der Waals surface area contributed by atoms with E-state index in [9.17, 15) is 9.59 Å². The first-order valence-corrected chi connectivity index (χ1v) is 9.45. The van der Waals surface area contributed by atoms with Crippen LogP contribution in [0, 0.1) is 6.92 Å². The number of thioether (sulfide) groups is 1. The van der Waals surface area contributed by atoms with Crippen LogP contribution in [0.25, 0.3) is 0 Å². The fraction of sp³-hybridized carbons (Fsp3) is 0.471. The number of rotatable bonds is 5. The van der Waals surface area contributed by atoms with E-state index in [0.717, 1.165) is 22.2 Å². The molecule has 0 fully saturated rings. The second kappa shape index (κ2) is 8.05. The van der Waals surface area contributed by atoms with Crippen LogP contribution in [0.4, 0.5) is 5.69 Å². The van der Waals surface area contributed by atoms with Gasteiger partial charge in [0.25, 0.3) is 10.8 Å². The first-order chi connectivity index (χ1) is 11.9. The summed E-state index contributed by atoms with van der Waals surface area (Å²) in [6.45, 7) is 9.10. The molecule has 1 unspecified atom stereocenters. The molecule has 6 nitrogen and oxygen atoms in total. The number of hydrogen-bond acceptors (Lipinski definition) is 5. The van der Waals surface area contributed by atoms with Gasteiger partial charge in [0.1, 0.15) is 0 Å². The van der Waals surface area contributed by atoms with Crippen molar-refractivity contribution in [3.8, 4) is 0 Å². The highest BCUT2D eigenvalue weighted by atomic mass is 32.2. The van der Waals surface area contributed by atoms with E-state index in [1.54, 1.807) is 6.92 Å². The number of carbonyl (C=O) groups is 2. The Morgan fingerprint density at radius 3 is 2.64 bits per heavy atom. The first-order valence-electron chi connectivity index (χ1n) is 8.23. The number of amides is 1. The Balaban J connectivity index is 2.43. The summed E-state index contributed by atoms with van der Waals surface area (Å²) >= 11 is 6.55. The molecule has 0 aromatic heterocycles. The molecule has 1 amide bonds. The number of anilines is 1. The standard InChI is InChI=1S/C17H23N3O3S2/c1-5-20(6-2)16(24)19-17(15(22)23-7-3)14(21)18-12-9-8-11(4)10-13(12)25-17/h8-10H,5-7H2,1-4H3,(H,18,21)(H,19,24). The summed E-state index contributed by atoms with van der Waals surface area (Å²) in [4.78, 5) is 26.6. The third kappa shape index (κ3) is 3.90. The minimum Gasteiger partial charge on any atom is -0.463 e. The van der Waals surface area contributed by atoms with Crippen molar-refractivity contribution < 1.29 is 14.3 Å². The van der Waals surface area contributed by atoms with Gasteiger partial charge in [-0.05, 0) is 57.6 Å². The lowest BCUT2D eigenvalue weighted by Gasteiger charge is -2.37. The van der Waals surface area contributed by atoms with Crippen LogP contribution in [0.1, 0.15) is 26.3 Å². The van der Waals surface area contributed by atoms with Crippen LogP contribution in [0.15, 0.2) is 23.1 Å². The van der Waals surface area contributed by atoms with Crippen molar-refractivity contribution >= 4 is 46.7 Å². The number of thiocarbonyl (C=S) groups is 1. The van der Waals surface area contributed by atoms with Crippen molar-refractivity contribution in [1.82, 2.24) is 10.2 Å². The third-order valence-corrected chi connectivity index (χ3v) is 5.54. The average Bonchev–Trinajstić information content (AvgIpc) is 2.57. The van der Waals surface area contributed by atoms with E-state index in [2.05, 4.69) is 10.6 Å². The number of aryl methyl sites for hydroxylation is 1. The molecule has 136 valence electrons. The Bertz CT molecular complexity index is 692. The molecular weight excluding hydrogens is 358 g/mol. The third-order valence-electron chi connectivity index (χ3n) is 3.86. The maximum atomic E-state index is 12.8. The van der Waals surface area contributed by atoms with Gasteiger partial charge in [0.2, 0.25) is 0 Å². The Morgan fingerprint density at radius 1 is 1.36 bits per heavy atom. The summed E-state index contributed by atoms with van der Waals surface area (Å²) in [5, 5.41) is 6.10. The molecule has 1 aliphatic heterocycles. The highest BCUT2D eigenvalue weighted by Gasteiger charge is 2.52. The van der Waals surface area contributed by atoms with Gasteiger partial charge >= 0.3 is 5.97 Å². The van der Waals surface area contributed by atoms with E-state index in [-0.39, 0.29) is 6.61 Å². The zero-order valence-electron chi connectivity index (χ0n) is 14.8. The number of carbonyl (C=O) groups excluding carboxylic acids is 2. The zero-order valence-corrected chi connectivity index (χ0v) is 16.5. The lowest BCUT2D eigenvalue weighted by atomic mass is 10.2. The molecule has 1 aromatic carbocycles. The smallest absolute Gasteiger partial charge is 0.353 e. The summed E-state index contributed by atoms with van der Waals surface area (Å²) in [5.74, 6) is -1.14. The van der Waals surface area contributed by atoms with E-state index in [1.807, 2.05) is 43.9 Å². The van der Waals surface area contributed by atoms with Crippen LogP contribution in [0.3, 0.4) is 0 Å². The van der Waals surface area contributed by atoms with Gasteiger partial charge in [0, 0.05) is 18.0 Å². The van der Waals surface area contributed by atoms with Crippen molar-refractivity contribution in [2.75, 3.05) is 25.0 Å². The molecule has 1 aliphatic rings. The monoisotopic (exact) mass is 381 g/mol. The van der Waals surface area contributed by atoms with Crippen molar-refractivity contribution in [3.05, 3.63) is 23.8 Å². The number of nitrogens with one attached hydrogen (secondary N) is 2. The number of benzene rings is 1. The summed E-state index contributed by atoms with van der Waals surface area (Å²) in [5.41, 5.74) is 1.71. The topological polar surface area (TPSA) is 70.7 Å². The maximum Gasteiger partial charge on any atom is 0.353 e. The fourth-order valence-corrected chi connectivity index (χ4v) is 4.19. The average molecular weight is 382 g/mol. The molecule has 1 heterocycles. The highest BCUT2D eigenvalue weighted by molar-refractivity contribution is 8.02. The molecule has 0 spiro atoms.